The fraction of sp³-hybridized carbons (Fsp3) is 0.778. The molecule has 3 unspecified atom stereocenters. The van der Waals surface area contributed by atoms with E-state index in [1.165, 1.54) is 0 Å². The number of nitrogens with two attached hydrogens (primary N) is 2. The van der Waals surface area contributed by atoms with E-state index in [-0.39, 0.29) is 26.3 Å². The summed E-state index contributed by atoms with van der Waals surface area (Å²) in [4.78, 5) is 46.1. The normalized spacial score (nSPS) is 15.1. The lowest BCUT2D eigenvalue weighted by molar-refractivity contribution is -0.155. The lowest BCUT2D eigenvalue weighted by Crippen LogP contribution is -2.67. The van der Waals surface area contributed by atoms with Gasteiger partial charge in [-0.05, 0) is 0 Å². The quantitative estimate of drug-likeness (QED) is 0.0691. The van der Waals surface area contributed by atoms with Crippen molar-refractivity contribution in [1.82, 2.24) is 9.80 Å². The summed E-state index contributed by atoms with van der Waals surface area (Å²) < 4.78 is 10.6. The van der Waals surface area contributed by atoms with Gasteiger partial charge in [-0.25, -0.2) is 0 Å². The van der Waals surface area contributed by atoms with Gasteiger partial charge in [0.25, 0.3) is 0 Å². The monoisotopic (exact) mass is 498 g/mol. The van der Waals surface area contributed by atoms with Gasteiger partial charge in [0.2, 0.25) is 0 Å². The first kappa shape index (κ1) is 31.6. The number of nitrogens with zero attached hydrogens (tertiary/aromatic N) is 2. The Labute approximate surface area is 195 Å². The molecule has 0 radical (unpaired) electrons. The predicted octanol–water partition coefficient (Wildman–Crippen LogP) is -4.66. The van der Waals surface area contributed by atoms with Gasteiger partial charge in [0, 0.05) is 13.1 Å². The number of aliphatic hydroxyl groups excluding tert-OH is 1. The predicted molar refractivity (Wildman–Crippen MR) is 113 cm³/mol. The van der Waals surface area contributed by atoms with Crippen molar-refractivity contribution in [3.8, 4) is 0 Å². The molecular weight excluding hydrogens is 464 g/mol. The first-order valence-corrected chi connectivity index (χ1v) is 10.1. The molecule has 0 aromatic carbocycles. The molecular formula is C18H34N4O12. The van der Waals surface area contributed by atoms with Crippen LogP contribution in [0, 0.1) is 0 Å². The number of rotatable bonds is 21. The van der Waals surface area contributed by atoms with Gasteiger partial charge < -0.3 is 51.6 Å². The van der Waals surface area contributed by atoms with Crippen LogP contribution in [-0.4, -0.2) is 154 Å². The SMILES string of the molecule is NCCOCC(N(CC(=O)O)CC(=O)O)C(O)(CO)C(N)COCCN(CC(=O)O)CC(=O)O. The van der Waals surface area contributed by atoms with E-state index in [0.29, 0.717) is 0 Å². The third-order valence-corrected chi connectivity index (χ3v) is 4.69. The minimum Gasteiger partial charge on any atom is -0.480 e. The highest BCUT2D eigenvalue weighted by Crippen LogP contribution is 2.21. The second-order valence-corrected chi connectivity index (χ2v) is 7.40. The Hall–Kier alpha value is -2.44. The average Bonchev–Trinajstić information content (AvgIpc) is 2.71. The Balaban J connectivity index is 5.42. The van der Waals surface area contributed by atoms with E-state index in [0.717, 1.165) is 9.80 Å². The largest absolute Gasteiger partial charge is 0.480 e. The van der Waals surface area contributed by atoms with Crippen molar-refractivity contribution in [3.05, 3.63) is 0 Å². The summed E-state index contributed by atoms with van der Waals surface area (Å²) in [6.45, 7) is -4.76. The summed E-state index contributed by atoms with van der Waals surface area (Å²) in [5, 5.41) is 57.1. The van der Waals surface area contributed by atoms with Gasteiger partial charge in [-0.3, -0.25) is 29.0 Å². The molecule has 0 saturated heterocycles. The third kappa shape index (κ3) is 12.1. The molecule has 0 bridgehead atoms. The molecule has 0 aliphatic heterocycles. The summed E-state index contributed by atoms with van der Waals surface area (Å²) in [6.07, 6.45) is 0. The number of hydrogen-bond acceptors (Lipinski definition) is 12. The van der Waals surface area contributed by atoms with Gasteiger partial charge in [-0.1, -0.05) is 0 Å². The molecule has 0 aliphatic rings. The molecule has 0 fully saturated rings. The minimum absolute atomic E-state index is 0.000713. The van der Waals surface area contributed by atoms with Crippen LogP contribution in [0.3, 0.4) is 0 Å². The number of carboxylic acids is 4. The van der Waals surface area contributed by atoms with E-state index < -0.39 is 87.6 Å². The van der Waals surface area contributed by atoms with Crippen LogP contribution in [0.15, 0.2) is 0 Å². The maximum atomic E-state index is 11.3. The summed E-state index contributed by atoms with van der Waals surface area (Å²) in [5.41, 5.74) is 9.09. The van der Waals surface area contributed by atoms with Crippen LogP contribution in [0.1, 0.15) is 0 Å². The van der Waals surface area contributed by atoms with Gasteiger partial charge in [-0.2, -0.15) is 0 Å². The standard InChI is InChI=1S/C18H34N4O12/c19-1-3-33-10-13(22(7-16(28)29)8-17(30)31)18(32,11-23)12(20)9-34-4-2-21(5-14(24)25)6-15(26)27/h12-13,23,32H,1-11,19-20H2,(H,24,25)(H,26,27)(H,28,29)(H,30,31). The highest BCUT2D eigenvalue weighted by molar-refractivity contribution is 5.73. The van der Waals surface area contributed by atoms with E-state index in [1.54, 1.807) is 0 Å². The van der Waals surface area contributed by atoms with Crippen molar-refractivity contribution in [1.29, 1.82) is 0 Å². The van der Waals surface area contributed by atoms with Crippen molar-refractivity contribution in [2.75, 3.05) is 72.3 Å². The number of carbonyl (C=O) groups is 4. The molecule has 0 spiro atoms. The zero-order valence-electron chi connectivity index (χ0n) is 18.6. The number of aliphatic carboxylic acids is 4. The topological polar surface area (TPSA) is 267 Å². The Morgan fingerprint density at radius 2 is 1.29 bits per heavy atom. The lowest BCUT2D eigenvalue weighted by atomic mass is 9.86. The Bertz CT molecular complexity index is 635. The molecule has 16 nitrogen and oxygen atoms in total. The third-order valence-electron chi connectivity index (χ3n) is 4.69. The molecule has 10 N–H and O–H groups in total. The van der Waals surface area contributed by atoms with Crippen LogP contribution >= 0.6 is 0 Å². The van der Waals surface area contributed by atoms with Crippen LogP contribution in [-0.2, 0) is 28.7 Å². The number of carboxylic acid groups (broad SMARTS) is 4. The van der Waals surface area contributed by atoms with Crippen LogP contribution in [0.5, 0.6) is 0 Å². The number of aliphatic hydroxyl groups is 2. The van der Waals surface area contributed by atoms with Crippen molar-refractivity contribution in [3.63, 3.8) is 0 Å². The highest BCUT2D eigenvalue weighted by Gasteiger charge is 2.46. The van der Waals surface area contributed by atoms with E-state index >= 15 is 0 Å². The van der Waals surface area contributed by atoms with Gasteiger partial charge in [-0.15, -0.1) is 0 Å². The zero-order valence-corrected chi connectivity index (χ0v) is 18.6. The molecule has 0 rings (SSSR count). The molecule has 34 heavy (non-hydrogen) atoms. The molecule has 3 atom stereocenters. The minimum atomic E-state index is -2.28. The van der Waals surface area contributed by atoms with E-state index in [4.69, 9.17) is 41.4 Å². The van der Waals surface area contributed by atoms with Crippen molar-refractivity contribution in [2.24, 2.45) is 11.5 Å². The van der Waals surface area contributed by atoms with Crippen LogP contribution in [0.4, 0.5) is 0 Å². The first-order chi connectivity index (χ1) is 15.9. The van der Waals surface area contributed by atoms with E-state index in [9.17, 15) is 29.4 Å². The fourth-order valence-corrected chi connectivity index (χ4v) is 3.08. The summed E-state index contributed by atoms with van der Waals surface area (Å²) >= 11 is 0. The van der Waals surface area contributed by atoms with Gasteiger partial charge in [0.1, 0.15) is 5.60 Å². The van der Waals surface area contributed by atoms with Gasteiger partial charge in [0.15, 0.2) is 0 Å². The van der Waals surface area contributed by atoms with Crippen molar-refractivity contribution >= 4 is 23.9 Å². The van der Waals surface area contributed by atoms with Crippen LogP contribution in [0.25, 0.3) is 0 Å². The number of ether oxygens (including phenoxy) is 2. The first-order valence-electron chi connectivity index (χ1n) is 10.1. The van der Waals surface area contributed by atoms with Gasteiger partial charge in [0.05, 0.1) is 71.3 Å². The Morgan fingerprint density at radius 3 is 1.71 bits per heavy atom. The Morgan fingerprint density at radius 1 is 0.824 bits per heavy atom. The Kier molecular flexibility index (Phi) is 15.1. The zero-order chi connectivity index (χ0) is 26.3. The molecule has 0 aliphatic carbocycles. The molecule has 0 aromatic rings. The second kappa shape index (κ2) is 16.2. The van der Waals surface area contributed by atoms with E-state index in [1.807, 2.05) is 0 Å². The molecule has 0 heterocycles. The molecule has 0 saturated carbocycles. The molecule has 198 valence electrons. The van der Waals surface area contributed by atoms with Crippen LogP contribution in [0.2, 0.25) is 0 Å². The fourth-order valence-electron chi connectivity index (χ4n) is 3.08. The van der Waals surface area contributed by atoms with E-state index in [2.05, 4.69) is 0 Å². The average molecular weight is 498 g/mol. The smallest absolute Gasteiger partial charge is 0.317 e. The van der Waals surface area contributed by atoms with Crippen LogP contribution < -0.4 is 11.5 Å². The van der Waals surface area contributed by atoms with Crippen molar-refractivity contribution < 1.29 is 59.3 Å². The second-order valence-electron chi connectivity index (χ2n) is 7.40. The van der Waals surface area contributed by atoms with Crippen molar-refractivity contribution in [2.45, 2.75) is 17.7 Å². The maximum absolute atomic E-state index is 11.3. The van der Waals surface area contributed by atoms with Gasteiger partial charge >= 0.3 is 23.9 Å². The highest BCUT2D eigenvalue weighted by atomic mass is 16.5. The molecule has 16 heteroatoms. The maximum Gasteiger partial charge on any atom is 0.317 e. The molecule has 0 aromatic heterocycles. The summed E-state index contributed by atoms with van der Waals surface area (Å²) in [5.74, 6) is -5.28. The lowest BCUT2D eigenvalue weighted by Gasteiger charge is -2.43. The summed E-state index contributed by atoms with van der Waals surface area (Å²) in [7, 11) is 0. The molecule has 0 amide bonds. The summed E-state index contributed by atoms with van der Waals surface area (Å²) in [6, 6.07) is -2.76. The number of hydrogen-bond donors (Lipinski definition) is 8.